The lowest BCUT2D eigenvalue weighted by molar-refractivity contribution is 0.173. The number of nitrogens with zero attached hydrogens (tertiary/aromatic N) is 3. The van der Waals surface area contributed by atoms with Gasteiger partial charge in [-0.15, -0.1) is 0 Å². The normalized spacial score (nSPS) is 17.9. The van der Waals surface area contributed by atoms with Gasteiger partial charge in [-0.25, -0.2) is 14.4 Å². The molecule has 1 aromatic carbocycles. The molecule has 0 amide bonds. The van der Waals surface area contributed by atoms with E-state index in [1.54, 1.807) is 12.3 Å². The van der Waals surface area contributed by atoms with Gasteiger partial charge in [-0.1, -0.05) is 0 Å². The molecule has 2 N–H and O–H groups in total. The molecule has 0 spiro atoms. The van der Waals surface area contributed by atoms with Crippen LogP contribution in [-0.2, 0) is 0 Å². The summed E-state index contributed by atoms with van der Waals surface area (Å²) in [7, 11) is 0. The van der Waals surface area contributed by atoms with Crippen LogP contribution >= 0.6 is 0 Å². The van der Waals surface area contributed by atoms with E-state index in [0.717, 1.165) is 37.0 Å². The number of fused-ring (bicyclic) bond motifs is 1. The summed E-state index contributed by atoms with van der Waals surface area (Å²) in [5.74, 6) is 2.98. The largest absolute Gasteiger partial charge is 0.492 e. The summed E-state index contributed by atoms with van der Waals surface area (Å²) in [5, 5.41) is 6.67. The Bertz CT molecular complexity index is 895. The zero-order valence-corrected chi connectivity index (χ0v) is 16.9. The Labute approximate surface area is 175 Å². The summed E-state index contributed by atoms with van der Waals surface area (Å²) in [4.78, 5) is 10.7. The van der Waals surface area contributed by atoms with Crippen LogP contribution in [0.1, 0.15) is 13.3 Å². The zero-order valence-electron chi connectivity index (χ0n) is 16.9. The van der Waals surface area contributed by atoms with Crippen molar-refractivity contribution in [2.45, 2.75) is 19.4 Å². The van der Waals surface area contributed by atoms with Crippen molar-refractivity contribution in [1.29, 1.82) is 0 Å². The highest BCUT2D eigenvalue weighted by Crippen LogP contribution is 2.35. The number of benzene rings is 1. The number of aliphatic imine (C=N–C) groups is 1. The average molecular weight is 415 g/mol. The fraction of sp³-hybridized carbons (Fsp3) is 0.429. The summed E-state index contributed by atoms with van der Waals surface area (Å²) < 4.78 is 30.4. The van der Waals surface area contributed by atoms with Crippen molar-refractivity contribution in [3.05, 3.63) is 42.3 Å². The van der Waals surface area contributed by atoms with Crippen LogP contribution in [0.2, 0.25) is 0 Å². The molecule has 3 heterocycles. The monoisotopic (exact) mass is 415 g/mol. The number of pyridine rings is 1. The smallest absolute Gasteiger partial charge is 0.231 e. The number of anilines is 1. The fourth-order valence-corrected chi connectivity index (χ4v) is 3.48. The van der Waals surface area contributed by atoms with Crippen LogP contribution in [0.25, 0.3) is 0 Å². The summed E-state index contributed by atoms with van der Waals surface area (Å²) in [5.41, 5.74) is 0. The van der Waals surface area contributed by atoms with E-state index in [-0.39, 0.29) is 18.7 Å². The predicted molar refractivity (Wildman–Crippen MR) is 112 cm³/mol. The lowest BCUT2D eigenvalue weighted by atomic mass is 10.3. The van der Waals surface area contributed by atoms with Crippen molar-refractivity contribution in [2.24, 2.45) is 4.99 Å². The van der Waals surface area contributed by atoms with Crippen LogP contribution in [0.4, 0.5) is 10.2 Å². The summed E-state index contributed by atoms with van der Waals surface area (Å²) in [6.07, 6.45) is 2.50. The van der Waals surface area contributed by atoms with Crippen molar-refractivity contribution in [1.82, 2.24) is 15.6 Å². The molecule has 0 saturated carbocycles. The topological polar surface area (TPSA) is 80.2 Å². The lowest BCUT2D eigenvalue weighted by Gasteiger charge is -2.20. The van der Waals surface area contributed by atoms with E-state index < -0.39 is 0 Å². The second-order valence-electron chi connectivity index (χ2n) is 7.01. The minimum Gasteiger partial charge on any atom is -0.492 e. The van der Waals surface area contributed by atoms with Gasteiger partial charge in [-0.2, -0.15) is 0 Å². The molecule has 1 aromatic heterocycles. The second-order valence-corrected chi connectivity index (χ2v) is 7.01. The molecule has 1 atom stereocenters. The van der Waals surface area contributed by atoms with E-state index >= 15 is 0 Å². The van der Waals surface area contributed by atoms with E-state index in [1.807, 2.05) is 30.0 Å². The molecule has 30 heavy (non-hydrogen) atoms. The van der Waals surface area contributed by atoms with Crippen LogP contribution in [0, 0.1) is 5.82 Å². The highest BCUT2D eigenvalue weighted by Gasteiger charge is 2.25. The molecule has 2 aromatic rings. The minimum atomic E-state index is -0.292. The number of rotatable bonds is 7. The highest BCUT2D eigenvalue weighted by atomic mass is 19.1. The molecule has 0 bridgehead atoms. The number of ether oxygens (including phenoxy) is 3. The van der Waals surface area contributed by atoms with E-state index in [9.17, 15) is 4.39 Å². The minimum absolute atomic E-state index is 0.166. The number of halogens is 1. The summed E-state index contributed by atoms with van der Waals surface area (Å²) >= 11 is 0. The van der Waals surface area contributed by atoms with Gasteiger partial charge in [0, 0.05) is 37.9 Å². The maximum atomic E-state index is 14.0. The molecular weight excluding hydrogens is 389 g/mol. The SMILES string of the molecule is CCNC(=NCCOc1ccc2c(c1)OCO2)NC1CCN(c2ncccc2F)C1. The molecule has 2 aliphatic heterocycles. The first-order chi connectivity index (χ1) is 14.7. The Hall–Kier alpha value is -3.23. The van der Waals surface area contributed by atoms with E-state index in [4.69, 9.17) is 14.2 Å². The van der Waals surface area contributed by atoms with Gasteiger partial charge in [0.05, 0.1) is 6.54 Å². The molecule has 9 heteroatoms. The van der Waals surface area contributed by atoms with E-state index in [0.29, 0.717) is 31.3 Å². The number of hydrogen-bond acceptors (Lipinski definition) is 6. The third-order valence-electron chi connectivity index (χ3n) is 4.89. The second kappa shape index (κ2) is 9.51. The molecule has 1 fully saturated rings. The first kappa shape index (κ1) is 20.1. The summed E-state index contributed by atoms with van der Waals surface area (Å²) in [6.45, 7) is 5.36. The standard InChI is InChI=1S/C21H26FN5O3/c1-2-23-21(25-9-11-28-16-5-6-18-19(12-16)30-14-29-18)26-15-7-10-27(13-15)20-17(22)4-3-8-24-20/h3-6,8,12,15H,2,7,9-11,13-14H2,1H3,(H2,23,25,26). The maximum Gasteiger partial charge on any atom is 0.231 e. The van der Waals surface area contributed by atoms with Crippen molar-refractivity contribution in [2.75, 3.05) is 44.5 Å². The average Bonchev–Trinajstić information content (AvgIpc) is 3.40. The van der Waals surface area contributed by atoms with E-state index in [2.05, 4.69) is 20.6 Å². The lowest BCUT2D eigenvalue weighted by Crippen LogP contribution is -2.45. The Morgan fingerprint density at radius 3 is 3.10 bits per heavy atom. The first-order valence-electron chi connectivity index (χ1n) is 10.2. The zero-order chi connectivity index (χ0) is 20.8. The van der Waals surface area contributed by atoms with Crippen molar-refractivity contribution in [3.63, 3.8) is 0 Å². The van der Waals surface area contributed by atoms with Crippen LogP contribution < -0.4 is 29.7 Å². The van der Waals surface area contributed by atoms with Gasteiger partial charge in [0.2, 0.25) is 6.79 Å². The molecular formula is C21H26FN5O3. The highest BCUT2D eigenvalue weighted by molar-refractivity contribution is 5.80. The first-order valence-corrected chi connectivity index (χ1v) is 10.2. The van der Waals surface area contributed by atoms with Gasteiger partial charge in [0.25, 0.3) is 0 Å². The third-order valence-corrected chi connectivity index (χ3v) is 4.89. The molecule has 8 nitrogen and oxygen atoms in total. The van der Waals surface area contributed by atoms with Gasteiger partial charge in [0.15, 0.2) is 29.1 Å². The maximum absolute atomic E-state index is 14.0. The van der Waals surface area contributed by atoms with Crippen LogP contribution in [0.15, 0.2) is 41.5 Å². The number of hydrogen-bond donors (Lipinski definition) is 2. The van der Waals surface area contributed by atoms with Gasteiger partial charge in [-0.05, 0) is 37.6 Å². The molecule has 2 aliphatic rings. The number of nitrogens with one attached hydrogen (secondary N) is 2. The quantitative estimate of drug-likeness (QED) is 0.408. The van der Waals surface area contributed by atoms with E-state index in [1.165, 1.54) is 6.07 Å². The molecule has 0 radical (unpaired) electrons. The van der Waals surface area contributed by atoms with Crippen molar-refractivity contribution in [3.8, 4) is 17.2 Å². The van der Waals surface area contributed by atoms with Crippen molar-refractivity contribution < 1.29 is 18.6 Å². The molecule has 1 unspecified atom stereocenters. The Kier molecular flexibility index (Phi) is 6.36. The number of guanidine groups is 1. The van der Waals surface area contributed by atoms with Gasteiger partial charge in [0.1, 0.15) is 12.4 Å². The molecule has 4 rings (SSSR count). The van der Waals surface area contributed by atoms with Gasteiger partial charge >= 0.3 is 0 Å². The fourth-order valence-electron chi connectivity index (χ4n) is 3.48. The van der Waals surface area contributed by atoms with Crippen LogP contribution in [-0.4, -0.2) is 56.6 Å². The Morgan fingerprint density at radius 2 is 2.23 bits per heavy atom. The molecule has 1 saturated heterocycles. The Balaban J connectivity index is 1.27. The van der Waals surface area contributed by atoms with Crippen LogP contribution in [0.5, 0.6) is 17.2 Å². The van der Waals surface area contributed by atoms with Gasteiger partial charge in [-0.3, -0.25) is 0 Å². The molecule has 160 valence electrons. The summed E-state index contributed by atoms with van der Waals surface area (Å²) in [6, 6.07) is 8.72. The van der Waals surface area contributed by atoms with Gasteiger partial charge < -0.3 is 29.7 Å². The Morgan fingerprint density at radius 1 is 1.33 bits per heavy atom. The third kappa shape index (κ3) is 4.84. The molecule has 0 aliphatic carbocycles. The predicted octanol–water partition coefficient (Wildman–Crippen LogP) is 2.16. The number of aromatic nitrogens is 1. The van der Waals surface area contributed by atoms with Crippen LogP contribution in [0.3, 0.4) is 0 Å². The van der Waals surface area contributed by atoms with Crippen molar-refractivity contribution >= 4 is 11.8 Å².